The van der Waals surface area contributed by atoms with Gasteiger partial charge in [-0.2, -0.15) is 0 Å². The van der Waals surface area contributed by atoms with Crippen molar-refractivity contribution in [1.82, 2.24) is 0 Å². The van der Waals surface area contributed by atoms with Crippen molar-refractivity contribution in [1.29, 1.82) is 0 Å². The first kappa shape index (κ1) is 12.3. The van der Waals surface area contributed by atoms with Gasteiger partial charge in [0.05, 0.1) is 20.3 Å². The molecule has 0 heterocycles. The largest absolute Gasteiger partial charge is 0.497 e. The molecule has 0 aromatic heterocycles. The molecule has 0 aliphatic heterocycles. The van der Waals surface area contributed by atoms with E-state index in [4.69, 9.17) is 14.6 Å². The summed E-state index contributed by atoms with van der Waals surface area (Å²) in [6.45, 7) is 0.742. The third-order valence-electron chi connectivity index (χ3n) is 1.90. The molecule has 0 aliphatic carbocycles. The van der Waals surface area contributed by atoms with Gasteiger partial charge in [0.15, 0.2) is 0 Å². The van der Waals surface area contributed by atoms with E-state index in [0.717, 1.165) is 17.4 Å². The minimum absolute atomic E-state index is 0.290. The lowest BCUT2D eigenvalue weighted by Crippen LogP contribution is -1.94. The minimum Gasteiger partial charge on any atom is -0.497 e. The van der Waals surface area contributed by atoms with Crippen molar-refractivity contribution in [3.63, 3.8) is 0 Å². The monoisotopic (exact) mass is 222 g/mol. The summed E-state index contributed by atoms with van der Waals surface area (Å²) in [7, 11) is 1.61. The predicted octanol–water partition coefficient (Wildman–Crippen LogP) is 1.85. The first-order chi connectivity index (χ1) is 7.72. The lowest BCUT2D eigenvalue weighted by atomic mass is 10.2. The molecule has 4 nitrogen and oxygen atoms in total. The van der Waals surface area contributed by atoms with Crippen molar-refractivity contribution in [2.24, 2.45) is 0 Å². The van der Waals surface area contributed by atoms with Gasteiger partial charge in [-0.05, 0) is 17.7 Å². The Morgan fingerprint density at radius 2 is 2.06 bits per heavy atom. The highest BCUT2D eigenvalue weighted by atomic mass is 16.5. The summed E-state index contributed by atoms with van der Waals surface area (Å²) in [4.78, 5) is 10.1. The zero-order valence-corrected chi connectivity index (χ0v) is 9.05. The third-order valence-corrected chi connectivity index (χ3v) is 1.90. The Hall–Kier alpha value is -1.81. The quantitative estimate of drug-likeness (QED) is 0.589. The van der Waals surface area contributed by atoms with E-state index in [1.165, 1.54) is 6.08 Å². The van der Waals surface area contributed by atoms with Crippen LogP contribution in [0.25, 0.3) is 0 Å². The summed E-state index contributed by atoms with van der Waals surface area (Å²) in [5.74, 6) is -0.164. The van der Waals surface area contributed by atoms with Crippen LogP contribution in [0.15, 0.2) is 36.4 Å². The molecular weight excluding hydrogens is 208 g/mol. The zero-order chi connectivity index (χ0) is 11.8. The lowest BCUT2D eigenvalue weighted by Gasteiger charge is -2.03. The van der Waals surface area contributed by atoms with Crippen molar-refractivity contribution in [2.75, 3.05) is 13.7 Å². The number of carboxylic acids is 1. The first-order valence-corrected chi connectivity index (χ1v) is 4.82. The molecule has 0 saturated heterocycles. The SMILES string of the molecule is COc1ccc(COC/C=C/C(=O)O)cc1. The topological polar surface area (TPSA) is 55.8 Å². The van der Waals surface area contributed by atoms with Crippen LogP contribution in [0.5, 0.6) is 5.75 Å². The molecule has 0 saturated carbocycles. The van der Waals surface area contributed by atoms with E-state index in [9.17, 15) is 4.79 Å². The van der Waals surface area contributed by atoms with E-state index in [1.54, 1.807) is 7.11 Å². The number of aliphatic carboxylic acids is 1. The molecule has 0 aliphatic rings. The van der Waals surface area contributed by atoms with Gasteiger partial charge in [-0.25, -0.2) is 4.79 Å². The van der Waals surface area contributed by atoms with Gasteiger partial charge in [-0.1, -0.05) is 18.2 Å². The first-order valence-electron chi connectivity index (χ1n) is 4.82. The van der Waals surface area contributed by atoms with Crippen LogP contribution in [0.2, 0.25) is 0 Å². The Labute approximate surface area is 94.1 Å². The maximum atomic E-state index is 10.1. The van der Waals surface area contributed by atoms with Gasteiger partial charge in [-0.3, -0.25) is 0 Å². The summed E-state index contributed by atoms with van der Waals surface area (Å²) < 4.78 is 10.3. The predicted molar refractivity (Wildman–Crippen MR) is 59.4 cm³/mol. The Bertz CT molecular complexity index is 354. The van der Waals surface area contributed by atoms with E-state index in [0.29, 0.717) is 13.2 Å². The molecule has 1 rings (SSSR count). The van der Waals surface area contributed by atoms with Gasteiger partial charge in [0.2, 0.25) is 0 Å². The smallest absolute Gasteiger partial charge is 0.328 e. The maximum Gasteiger partial charge on any atom is 0.328 e. The van der Waals surface area contributed by atoms with Crippen molar-refractivity contribution >= 4 is 5.97 Å². The highest BCUT2D eigenvalue weighted by molar-refractivity contribution is 5.79. The van der Waals surface area contributed by atoms with Gasteiger partial charge < -0.3 is 14.6 Å². The van der Waals surface area contributed by atoms with Crippen LogP contribution in [-0.2, 0) is 16.1 Å². The van der Waals surface area contributed by atoms with E-state index >= 15 is 0 Å². The molecular formula is C12H14O4. The molecule has 0 bridgehead atoms. The van der Waals surface area contributed by atoms with Crippen LogP contribution in [0.3, 0.4) is 0 Å². The molecule has 16 heavy (non-hydrogen) atoms. The normalized spacial score (nSPS) is 10.6. The van der Waals surface area contributed by atoms with E-state index in [1.807, 2.05) is 24.3 Å². The summed E-state index contributed by atoms with van der Waals surface area (Å²) in [6.07, 6.45) is 2.53. The van der Waals surface area contributed by atoms with Crippen LogP contribution in [0.1, 0.15) is 5.56 Å². The Kier molecular flexibility index (Phi) is 5.08. The average Bonchev–Trinajstić information content (AvgIpc) is 2.29. The minimum atomic E-state index is -0.965. The van der Waals surface area contributed by atoms with E-state index < -0.39 is 5.97 Å². The molecule has 86 valence electrons. The molecule has 4 heteroatoms. The van der Waals surface area contributed by atoms with Gasteiger partial charge >= 0.3 is 5.97 Å². The second-order valence-electron chi connectivity index (χ2n) is 3.10. The second-order valence-corrected chi connectivity index (χ2v) is 3.10. The second kappa shape index (κ2) is 6.63. The fourth-order valence-corrected chi connectivity index (χ4v) is 1.12. The third kappa shape index (κ3) is 4.61. The zero-order valence-electron chi connectivity index (χ0n) is 9.05. The van der Waals surface area contributed by atoms with Crippen LogP contribution in [0.4, 0.5) is 0 Å². The number of ether oxygens (including phenoxy) is 2. The van der Waals surface area contributed by atoms with Gasteiger partial charge in [0.1, 0.15) is 5.75 Å². The van der Waals surface area contributed by atoms with E-state index in [-0.39, 0.29) is 0 Å². The number of carbonyl (C=O) groups is 1. The molecule has 1 N–H and O–H groups in total. The number of hydrogen-bond donors (Lipinski definition) is 1. The summed E-state index contributed by atoms with van der Waals surface area (Å²) in [5.41, 5.74) is 1.02. The van der Waals surface area contributed by atoms with Gasteiger partial charge in [0, 0.05) is 6.08 Å². The molecule has 1 aromatic carbocycles. The summed E-state index contributed by atoms with van der Waals surface area (Å²) in [6, 6.07) is 7.51. The fourth-order valence-electron chi connectivity index (χ4n) is 1.12. The summed E-state index contributed by atoms with van der Waals surface area (Å²) in [5, 5.41) is 8.33. The van der Waals surface area contributed by atoms with Crippen molar-refractivity contribution < 1.29 is 19.4 Å². The van der Waals surface area contributed by atoms with E-state index in [2.05, 4.69) is 0 Å². The van der Waals surface area contributed by atoms with Gasteiger partial charge in [-0.15, -0.1) is 0 Å². The van der Waals surface area contributed by atoms with Crippen molar-refractivity contribution in [2.45, 2.75) is 6.61 Å². The molecule has 0 atom stereocenters. The number of methoxy groups -OCH3 is 1. The van der Waals surface area contributed by atoms with Crippen LogP contribution >= 0.6 is 0 Å². The fraction of sp³-hybridized carbons (Fsp3) is 0.250. The molecule has 0 radical (unpaired) electrons. The van der Waals surface area contributed by atoms with Crippen LogP contribution in [-0.4, -0.2) is 24.8 Å². The van der Waals surface area contributed by atoms with Crippen LogP contribution in [0, 0.1) is 0 Å². The van der Waals surface area contributed by atoms with Crippen molar-refractivity contribution in [3.8, 4) is 5.75 Å². The Balaban J connectivity index is 2.29. The molecule has 0 amide bonds. The van der Waals surface area contributed by atoms with Crippen molar-refractivity contribution in [3.05, 3.63) is 42.0 Å². The molecule has 0 spiro atoms. The summed E-state index contributed by atoms with van der Waals surface area (Å²) >= 11 is 0. The standard InChI is InChI=1S/C12H14O4/c1-15-11-6-4-10(5-7-11)9-16-8-2-3-12(13)14/h2-7H,8-9H2,1H3,(H,13,14)/b3-2+. The highest BCUT2D eigenvalue weighted by Crippen LogP contribution is 2.11. The van der Waals surface area contributed by atoms with Crippen LogP contribution < -0.4 is 4.74 Å². The maximum absolute atomic E-state index is 10.1. The molecule has 0 unspecified atom stereocenters. The highest BCUT2D eigenvalue weighted by Gasteiger charge is 1.94. The Morgan fingerprint density at radius 1 is 1.38 bits per heavy atom. The average molecular weight is 222 g/mol. The number of rotatable bonds is 6. The molecule has 1 aromatic rings. The number of hydrogen-bond acceptors (Lipinski definition) is 3. The lowest BCUT2D eigenvalue weighted by molar-refractivity contribution is -0.131. The Morgan fingerprint density at radius 3 is 2.62 bits per heavy atom. The molecule has 0 fully saturated rings. The number of benzene rings is 1. The van der Waals surface area contributed by atoms with Gasteiger partial charge in [0.25, 0.3) is 0 Å². The number of carboxylic acid groups (broad SMARTS) is 1.